The fourth-order valence-corrected chi connectivity index (χ4v) is 5.96. The molecule has 0 aliphatic heterocycles. The van der Waals surface area contributed by atoms with Crippen molar-refractivity contribution in [3.8, 4) is 0 Å². The van der Waals surface area contributed by atoms with Crippen molar-refractivity contribution in [3.05, 3.63) is 107 Å². The minimum atomic E-state index is -1.52. The van der Waals surface area contributed by atoms with Gasteiger partial charge in [0.2, 0.25) is 11.8 Å². The van der Waals surface area contributed by atoms with Gasteiger partial charge in [-0.3, -0.25) is 24.5 Å². The van der Waals surface area contributed by atoms with Gasteiger partial charge in [-0.05, 0) is 91.0 Å². The maximum Gasteiger partial charge on any atom is 0.326 e. The fraction of sp³-hybridized carbons (Fsp3) is 0.452. The number of hydrogen-bond acceptors (Lipinski definition) is 9. The third-order valence-electron chi connectivity index (χ3n) is 8.39. The number of benzene rings is 3. The topological polar surface area (TPSA) is 186 Å². The van der Waals surface area contributed by atoms with Gasteiger partial charge in [0.1, 0.15) is 23.3 Å². The normalized spacial score (nSPS) is 13.6. The van der Waals surface area contributed by atoms with Crippen molar-refractivity contribution >= 4 is 29.7 Å². The van der Waals surface area contributed by atoms with E-state index in [1.54, 1.807) is 41.5 Å². The highest BCUT2D eigenvalue weighted by Crippen LogP contribution is 2.37. The Morgan fingerprint density at radius 3 is 1.59 bits per heavy atom. The van der Waals surface area contributed by atoms with Crippen LogP contribution in [0.2, 0.25) is 0 Å². The molecule has 0 saturated heterocycles. The summed E-state index contributed by atoms with van der Waals surface area (Å²) < 4.78 is 10.6. The molecule has 0 spiro atoms. The number of ether oxygens (including phenoxy) is 2. The van der Waals surface area contributed by atoms with Crippen molar-refractivity contribution in [2.75, 3.05) is 6.54 Å². The van der Waals surface area contributed by atoms with E-state index >= 15 is 0 Å². The molecular weight excluding hydrogens is 688 g/mol. The van der Waals surface area contributed by atoms with Crippen LogP contribution in [0.4, 0.5) is 0 Å². The zero-order chi connectivity index (χ0) is 40.1. The fourth-order valence-electron chi connectivity index (χ4n) is 5.96. The van der Waals surface area contributed by atoms with Gasteiger partial charge in [-0.2, -0.15) is 0 Å². The van der Waals surface area contributed by atoms with Gasteiger partial charge in [-0.1, -0.05) is 90.5 Å². The predicted octanol–water partition coefficient (Wildman–Crippen LogP) is 4.89. The first kappa shape index (κ1) is 43.3. The van der Waals surface area contributed by atoms with E-state index in [-0.39, 0.29) is 6.42 Å². The third kappa shape index (κ3) is 13.4. The SMILES string of the molecule is Cc1ccc(C(NCCCC[C@H](NC(=O)[C@H](CC(=O)OC(C)(C)C)NC(=O)[C@@H](N)CC(=O)OC(C)(C)C)C(=O)O)(c2ccccc2)c2ccccc2)cc1. The first-order chi connectivity index (χ1) is 25.3. The minimum Gasteiger partial charge on any atom is -0.480 e. The maximum atomic E-state index is 13.5. The highest BCUT2D eigenvalue weighted by atomic mass is 16.6. The smallest absolute Gasteiger partial charge is 0.326 e. The second kappa shape index (κ2) is 19.3. The highest BCUT2D eigenvalue weighted by Gasteiger charge is 2.36. The maximum absolute atomic E-state index is 13.5. The molecule has 0 saturated carbocycles. The van der Waals surface area contributed by atoms with E-state index in [0.717, 1.165) is 22.3 Å². The summed E-state index contributed by atoms with van der Waals surface area (Å²) in [6, 6.07) is 24.4. The van der Waals surface area contributed by atoms with Crippen molar-refractivity contribution in [3.63, 3.8) is 0 Å². The summed E-state index contributed by atoms with van der Waals surface area (Å²) in [6.45, 7) is 12.5. The molecule has 0 aliphatic rings. The number of nitrogens with two attached hydrogens (primary N) is 1. The number of carboxylic acids is 1. The number of carboxylic acid groups (broad SMARTS) is 1. The number of hydrogen-bond donors (Lipinski definition) is 5. The van der Waals surface area contributed by atoms with Gasteiger partial charge in [0, 0.05) is 0 Å². The van der Waals surface area contributed by atoms with Gasteiger partial charge in [0.25, 0.3) is 0 Å². The largest absolute Gasteiger partial charge is 0.480 e. The van der Waals surface area contributed by atoms with Gasteiger partial charge in [0.05, 0.1) is 24.4 Å². The average molecular weight is 745 g/mol. The van der Waals surface area contributed by atoms with E-state index < -0.39 is 77.4 Å². The van der Waals surface area contributed by atoms with Crippen LogP contribution in [-0.2, 0) is 39.0 Å². The van der Waals surface area contributed by atoms with Crippen LogP contribution in [-0.4, -0.2) is 70.7 Å². The molecule has 3 atom stereocenters. The Hall–Kier alpha value is -5.07. The van der Waals surface area contributed by atoms with Crippen molar-refractivity contribution in [2.45, 2.75) is 115 Å². The molecule has 0 radical (unpaired) electrons. The molecule has 0 fully saturated rings. The lowest BCUT2D eigenvalue weighted by Crippen LogP contribution is -2.55. The molecule has 0 bridgehead atoms. The van der Waals surface area contributed by atoms with Crippen LogP contribution in [0.5, 0.6) is 0 Å². The van der Waals surface area contributed by atoms with Gasteiger partial charge in [0.15, 0.2) is 0 Å². The summed E-state index contributed by atoms with van der Waals surface area (Å²) in [4.78, 5) is 63.9. The Bertz CT molecular complexity index is 1660. The zero-order valence-electron chi connectivity index (χ0n) is 32.4. The number of unbranched alkanes of at least 4 members (excludes halogenated alkanes) is 1. The number of carbonyl (C=O) groups excluding carboxylic acids is 4. The minimum absolute atomic E-state index is 0.0716. The Labute approximate surface area is 318 Å². The first-order valence-corrected chi connectivity index (χ1v) is 18.3. The molecule has 2 amide bonds. The van der Waals surface area contributed by atoms with Gasteiger partial charge in [-0.25, -0.2) is 4.79 Å². The van der Waals surface area contributed by atoms with Crippen LogP contribution in [0.25, 0.3) is 0 Å². The second-order valence-electron chi connectivity index (χ2n) is 15.4. The van der Waals surface area contributed by atoms with Gasteiger partial charge >= 0.3 is 17.9 Å². The lowest BCUT2D eigenvalue weighted by molar-refractivity contribution is -0.158. The molecule has 3 aromatic carbocycles. The number of aliphatic carboxylic acids is 1. The molecule has 0 aliphatic carbocycles. The number of nitrogens with one attached hydrogen (secondary N) is 3. The number of esters is 2. The Balaban J connectivity index is 1.74. The standard InChI is InChI=1S/C42H56N4O8/c1-28-21-23-31(24-22-28)42(29-16-10-8-11-17-29,30-18-12-9-13-19-30)44-25-15-14-20-33(39(51)52)45-38(50)34(27-36(48)54-41(5,6)7)46-37(49)32(43)26-35(47)53-40(2,3)4/h8-13,16-19,21-24,32-34,44H,14-15,20,25-27,43H2,1-7H3,(H,45,50)(H,46,49)(H,51,52)/t32-,33-,34-/m0/s1. The van der Waals surface area contributed by atoms with E-state index in [2.05, 4.69) is 64.5 Å². The number of carbonyl (C=O) groups is 5. The Kier molecular flexibility index (Phi) is 15.5. The summed E-state index contributed by atoms with van der Waals surface area (Å²) >= 11 is 0. The lowest BCUT2D eigenvalue weighted by atomic mass is 9.76. The summed E-state index contributed by atoms with van der Waals surface area (Å²) in [7, 11) is 0. The van der Waals surface area contributed by atoms with Crippen LogP contribution in [0, 0.1) is 6.92 Å². The summed E-state index contributed by atoms with van der Waals surface area (Å²) in [5.41, 5.74) is 7.82. The van der Waals surface area contributed by atoms with Crippen molar-refractivity contribution in [1.82, 2.24) is 16.0 Å². The quantitative estimate of drug-likeness (QED) is 0.0682. The number of aryl methyl sites for hydroxylation is 1. The molecule has 0 unspecified atom stereocenters. The molecule has 292 valence electrons. The van der Waals surface area contributed by atoms with E-state index in [9.17, 15) is 29.1 Å². The molecule has 12 heteroatoms. The molecule has 54 heavy (non-hydrogen) atoms. The molecule has 6 N–H and O–H groups in total. The zero-order valence-corrected chi connectivity index (χ0v) is 32.4. The average Bonchev–Trinajstić information content (AvgIpc) is 3.08. The predicted molar refractivity (Wildman–Crippen MR) is 206 cm³/mol. The van der Waals surface area contributed by atoms with Crippen LogP contribution in [0.15, 0.2) is 84.9 Å². The van der Waals surface area contributed by atoms with Gasteiger partial charge in [-0.15, -0.1) is 0 Å². The van der Waals surface area contributed by atoms with Crippen molar-refractivity contribution in [2.24, 2.45) is 5.73 Å². The summed E-state index contributed by atoms with van der Waals surface area (Å²) in [5.74, 6) is -4.59. The van der Waals surface area contributed by atoms with Crippen molar-refractivity contribution < 1.29 is 38.6 Å². The molecule has 3 aromatic rings. The lowest BCUT2D eigenvalue weighted by Gasteiger charge is -2.37. The summed E-state index contributed by atoms with van der Waals surface area (Å²) in [6.07, 6.45) is -0.0197. The third-order valence-corrected chi connectivity index (χ3v) is 8.39. The van der Waals surface area contributed by atoms with Crippen LogP contribution < -0.4 is 21.7 Å². The van der Waals surface area contributed by atoms with E-state index in [4.69, 9.17) is 15.2 Å². The van der Waals surface area contributed by atoms with Crippen LogP contribution >= 0.6 is 0 Å². The first-order valence-electron chi connectivity index (χ1n) is 18.3. The van der Waals surface area contributed by atoms with Gasteiger partial charge < -0.3 is 30.9 Å². The molecule has 12 nitrogen and oxygen atoms in total. The monoisotopic (exact) mass is 744 g/mol. The van der Waals surface area contributed by atoms with E-state index in [0.29, 0.717) is 19.4 Å². The Morgan fingerprint density at radius 1 is 0.648 bits per heavy atom. The number of rotatable bonds is 18. The van der Waals surface area contributed by atoms with E-state index in [1.807, 2.05) is 43.3 Å². The van der Waals surface area contributed by atoms with Crippen LogP contribution in [0.3, 0.4) is 0 Å². The molecular formula is C42H56N4O8. The van der Waals surface area contributed by atoms with Crippen LogP contribution in [0.1, 0.15) is 95.9 Å². The second-order valence-corrected chi connectivity index (χ2v) is 15.4. The highest BCUT2D eigenvalue weighted by molar-refractivity contribution is 5.95. The van der Waals surface area contributed by atoms with E-state index in [1.165, 1.54) is 0 Å². The molecule has 0 aromatic heterocycles. The Morgan fingerprint density at radius 2 is 1.11 bits per heavy atom. The molecule has 0 heterocycles. The summed E-state index contributed by atoms with van der Waals surface area (Å²) in [5, 5.41) is 18.7. The number of amides is 2. The van der Waals surface area contributed by atoms with Crippen molar-refractivity contribution in [1.29, 1.82) is 0 Å². The molecule has 3 rings (SSSR count).